The Morgan fingerprint density at radius 3 is 2.72 bits per heavy atom. The second-order valence-electron chi connectivity index (χ2n) is 5.19. The molecular weight excluding hydrogens is 226 g/mol. The van der Waals surface area contributed by atoms with Crippen LogP contribution in [0.2, 0.25) is 0 Å². The van der Waals surface area contributed by atoms with Crippen molar-refractivity contribution in [3.8, 4) is 5.75 Å². The highest BCUT2D eigenvalue weighted by atomic mass is 16.5. The van der Waals surface area contributed by atoms with Crippen LogP contribution in [0.15, 0.2) is 18.2 Å². The third-order valence-electron chi connectivity index (χ3n) is 3.83. The normalized spacial score (nSPS) is 25.1. The summed E-state index contributed by atoms with van der Waals surface area (Å²) in [5, 5.41) is 13.0. The van der Waals surface area contributed by atoms with Crippen LogP contribution in [-0.4, -0.2) is 24.4 Å². The van der Waals surface area contributed by atoms with Gasteiger partial charge in [-0.1, -0.05) is 12.1 Å². The van der Waals surface area contributed by atoms with Crippen molar-refractivity contribution in [2.75, 3.05) is 7.05 Å². The zero-order valence-electron chi connectivity index (χ0n) is 11.4. The Kier molecular flexibility index (Phi) is 4.25. The van der Waals surface area contributed by atoms with E-state index < -0.39 is 0 Å². The number of aryl methyl sites for hydroxylation is 1. The molecular formula is C15H23NO2. The highest BCUT2D eigenvalue weighted by molar-refractivity contribution is 5.37. The van der Waals surface area contributed by atoms with Gasteiger partial charge in [0.25, 0.3) is 0 Å². The summed E-state index contributed by atoms with van der Waals surface area (Å²) in [5.41, 5.74) is 2.39. The molecule has 0 radical (unpaired) electrons. The summed E-state index contributed by atoms with van der Waals surface area (Å²) >= 11 is 0. The number of hydrogen-bond acceptors (Lipinski definition) is 3. The lowest BCUT2D eigenvalue weighted by Crippen LogP contribution is -2.26. The molecule has 2 N–H and O–H groups in total. The van der Waals surface area contributed by atoms with Gasteiger partial charge in [0.1, 0.15) is 11.9 Å². The predicted octanol–water partition coefficient (Wildman–Crippen LogP) is 2.57. The summed E-state index contributed by atoms with van der Waals surface area (Å²) in [6.45, 7) is 4.19. The Morgan fingerprint density at radius 2 is 2.17 bits per heavy atom. The van der Waals surface area contributed by atoms with E-state index in [1.54, 1.807) is 0 Å². The average Bonchev–Trinajstić information content (AvgIpc) is 2.76. The second kappa shape index (κ2) is 5.72. The fraction of sp³-hybridized carbons (Fsp3) is 0.600. The van der Waals surface area contributed by atoms with Crippen LogP contribution >= 0.6 is 0 Å². The second-order valence-corrected chi connectivity index (χ2v) is 5.19. The third kappa shape index (κ3) is 2.85. The van der Waals surface area contributed by atoms with Crippen molar-refractivity contribution in [2.45, 2.75) is 51.4 Å². The van der Waals surface area contributed by atoms with Crippen molar-refractivity contribution in [3.63, 3.8) is 0 Å². The third-order valence-corrected chi connectivity index (χ3v) is 3.83. The number of ether oxygens (including phenoxy) is 1. The van der Waals surface area contributed by atoms with Gasteiger partial charge in [0.15, 0.2) is 0 Å². The van der Waals surface area contributed by atoms with Crippen LogP contribution in [0.3, 0.4) is 0 Å². The Balaban J connectivity index is 2.10. The Labute approximate surface area is 109 Å². The number of benzene rings is 1. The van der Waals surface area contributed by atoms with E-state index in [-0.39, 0.29) is 12.2 Å². The molecule has 1 aromatic carbocycles. The van der Waals surface area contributed by atoms with Crippen molar-refractivity contribution < 1.29 is 9.84 Å². The van der Waals surface area contributed by atoms with Gasteiger partial charge in [0.2, 0.25) is 0 Å². The molecule has 1 aliphatic rings. The van der Waals surface area contributed by atoms with Gasteiger partial charge in [0.05, 0.1) is 6.10 Å². The van der Waals surface area contributed by atoms with Gasteiger partial charge in [-0.25, -0.2) is 0 Å². The molecule has 0 bridgehead atoms. The molecule has 3 unspecified atom stereocenters. The quantitative estimate of drug-likeness (QED) is 0.861. The van der Waals surface area contributed by atoms with Gasteiger partial charge >= 0.3 is 0 Å². The van der Waals surface area contributed by atoms with E-state index >= 15 is 0 Å². The summed E-state index contributed by atoms with van der Waals surface area (Å²) < 4.78 is 5.92. The Morgan fingerprint density at radius 1 is 1.39 bits per heavy atom. The monoisotopic (exact) mass is 249 g/mol. The van der Waals surface area contributed by atoms with Crippen molar-refractivity contribution in [2.24, 2.45) is 0 Å². The molecule has 0 amide bonds. The fourth-order valence-electron chi connectivity index (χ4n) is 2.45. The topological polar surface area (TPSA) is 41.5 Å². The van der Waals surface area contributed by atoms with E-state index in [9.17, 15) is 5.11 Å². The van der Waals surface area contributed by atoms with Crippen molar-refractivity contribution in [1.29, 1.82) is 0 Å². The van der Waals surface area contributed by atoms with Gasteiger partial charge in [-0.3, -0.25) is 0 Å². The van der Waals surface area contributed by atoms with E-state index in [1.165, 1.54) is 5.56 Å². The van der Waals surface area contributed by atoms with Gasteiger partial charge in [-0.2, -0.15) is 0 Å². The molecule has 0 aromatic heterocycles. The summed E-state index contributed by atoms with van der Waals surface area (Å²) in [6.07, 6.45) is 2.53. The van der Waals surface area contributed by atoms with Crippen LogP contribution in [0.4, 0.5) is 0 Å². The standard InChI is InChI=1S/C15H23NO2/c1-10-9-12(11(2)16-3)7-8-14(10)18-15-6-4-5-13(15)17/h7-9,11,13,15-17H,4-6H2,1-3H3. The van der Waals surface area contributed by atoms with Crippen LogP contribution in [0.25, 0.3) is 0 Å². The number of hydrogen-bond donors (Lipinski definition) is 2. The lowest BCUT2D eigenvalue weighted by atomic mass is 10.1. The van der Waals surface area contributed by atoms with E-state index in [0.717, 1.165) is 30.6 Å². The SMILES string of the molecule is CNC(C)c1ccc(OC2CCCC2O)c(C)c1. The molecule has 0 heterocycles. The predicted molar refractivity (Wildman–Crippen MR) is 72.9 cm³/mol. The first-order valence-corrected chi connectivity index (χ1v) is 6.74. The molecule has 3 heteroatoms. The summed E-state index contributed by atoms with van der Waals surface area (Å²) in [7, 11) is 1.96. The first-order chi connectivity index (χ1) is 8.61. The van der Waals surface area contributed by atoms with Crippen molar-refractivity contribution >= 4 is 0 Å². The average molecular weight is 249 g/mol. The fourth-order valence-corrected chi connectivity index (χ4v) is 2.45. The Hall–Kier alpha value is -1.06. The zero-order valence-corrected chi connectivity index (χ0v) is 11.4. The van der Waals surface area contributed by atoms with Crippen LogP contribution < -0.4 is 10.1 Å². The maximum atomic E-state index is 9.79. The summed E-state index contributed by atoms with van der Waals surface area (Å²) in [4.78, 5) is 0. The highest BCUT2D eigenvalue weighted by Crippen LogP contribution is 2.28. The molecule has 3 nitrogen and oxygen atoms in total. The maximum Gasteiger partial charge on any atom is 0.124 e. The van der Waals surface area contributed by atoms with Gasteiger partial charge in [-0.15, -0.1) is 0 Å². The van der Waals surface area contributed by atoms with Crippen molar-refractivity contribution in [3.05, 3.63) is 29.3 Å². The van der Waals surface area contributed by atoms with Crippen LogP contribution in [0, 0.1) is 6.92 Å². The minimum absolute atomic E-state index is 0.0312. The minimum Gasteiger partial charge on any atom is -0.487 e. The lowest BCUT2D eigenvalue weighted by Gasteiger charge is -2.20. The van der Waals surface area contributed by atoms with E-state index in [4.69, 9.17) is 4.74 Å². The number of rotatable bonds is 4. The van der Waals surface area contributed by atoms with Crippen LogP contribution in [0.5, 0.6) is 5.75 Å². The smallest absolute Gasteiger partial charge is 0.124 e. The minimum atomic E-state index is -0.305. The lowest BCUT2D eigenvalue weighted by molar-refractivity contribution is 0.0599. The molecule has 1 saturated carbocycles. The Bertz CT molecular complexity index is 405. The van der Waals surface area contributed by atoms with Crippen LogP contribution in [-0.2, 0) is 0 Å². The number of aliphatic hydroxyl groups is 1. The molecule has 0 saturated heterocycles. The van der Waals surface area contributed by atoms with Crippen LogP contribution in [0.1, 0.15) is 43.4 Å². The largest absolute Gasteiger partial charge is 0.487 e. The molecule has 100 valence electrons. The molecule has 1 aliphatic carbocycles. The molecule has 1 aromatic rings. The molecule has 0 aliphatic heterocycles. The molecule has 18 heavy (non-hydrogen) atoms. The molecule has 1 fully saturated rings. The van der Waals surface area contributed by atoms with Gasteiger partial charge in [0, 0.05) is 6.04 Å². The van der Waals surface area contributed by atoms with E-state index in [1.807, 2.05) is 13.1 Å². The van der Waals surface area contributed by atoms with Gasteiger partial charge in [-0.05, 0) is 57.4 Å². The van der Waals surface area contributed by atoms with Crippen molar-refractivity contribution in [1.82, 2.24) is 5.32 Å². The summed E-state index contributed by atoms with van der Waals surface area (Å²) in [6, 6.07) is 6.60. The molecule has 0 spiro atoms. The van der Waals surface area contributed by atoms with E-state index in [2.05, 4.69) is 31.3 Å². The van der Waals surface area contributed by atoms with E-state index in [0.29, 0.717) is 6.04 Å². The first-order valence-electron chi connectivity index (χ1n) is 6.74. The number of aliphatic hydroxyl groups excluding tert-OH is 1. The highest BCUT2D eigenvalue weighted by Gasteiger charge is 2.27. The first kappa shape index (κ1) is 13.4. The van der Waals surface area contributed by atoms with Gasteiger partial charge < -0.3 is 15.2 Å². The zero-order chi connectivity index (χ0) is 13.1. The maximum absolute atomic E-state index is 9.79. The summed E-state index contributed by atoms with van der Waals surface area (Å²) in [5.74, 6) is 0.896. The number of nitrogens with one attached hydrogen (secondary N) is 1. The molecule has 2 rings (SSSR count). The molecule has 3 atom stereocenters.